The van der Waals surface area contributed by atoms with Crippen LogP contribution in [-0.4, -0.2) is 56.2 Å². The maximum atomic E-state index is 13.7. The summed E-state index contributed by atoms with van der Waals surface area (Å²) in [4.78, 5) is 26.0. The lowest BCUT2D eigenvalue weighted by atomic mass is 9.73. The van der Waals surface area contributed by atoms with Gasteiger partial charge in [-0.25, -0.2) is 0 Å². The fourth-order valence-corrected chi connectivity index (χ4v) is 5.01. The van der Waals surface area contributed by atoms with Crippen LogP contribution in [0.3, 0.4) is 0 Å². The number of aliphatic hydroxyl groups is 1. The van der Waals surface area contributed by atoms with E-state index >= 15 is 0 Å². The summed E-state index contributed by atoms with van der Waals surface area (Å²) >= 11 is 0. The van der Waals surface area contributed by atoms with Gasteiger partial charge in [-0.3, -0.25) is 9.59 Å². The van der Waals surface area contributed by atoms with Crippen molar-refractivity contribution in [1.29, 1.82) is 0 Å². The molecule has 0 fully saturated rings. The molecule has 6 nitrogen and oxygen atoms in total. The number of aliphatic hydroxyl groups excluding tert-OH is 1. The summed E-state index contributed by atoms with van der Waals surface area (Å²) in [5.74, 6) is -1.10. The van der Waals surface area contributed by atoms with Crippen LogP contribution >= 0.6 is 0 Å². The minimum absolute atomic E-state index is 0.00345. The predicted octanol–water partition coefficient (Wildman–Crippen LogP) is 6.15. The van der Waals surface area contributed by atoms with Crippen molar-refractivity contribution in [3.05, 3.63) is 0 Å². The van der Waals surface area contributed by atoms with Crippen LogP contribution in [-0.2, 0) is 23.5 Å². The van der Waals surface area contributed by atoms with Crippen LogP contribution in [0.2, 0.25) is 18.1 Å². The Morgan fingerprint density at radius 2 is 1.50 bits per heavy atom. The molecule has 4 atom stereocenters. The van der Waals surface area contributed by atoms with Gasteiger partial charge in [0, 0.05) is 18.4 Å². The van der Waals surface area contributed by atoms with E-state index in [1.54, 1.807) is 34.6 Å². The van der Waals surface area contributed by atoms with Crippen molar-refractivity contribution >= 4 is 20.1 Å². The maximum Gasteiger partial charge on any atom is 0.308 e. The lowest BCUT2D eigenvalue weighted by Crippen LogP contribution is -2.52. The van der Waals surface area contributed by atoms with Crippen LogP contribution in [0.25, 0.3) is 0 Å². The number of carbonyl (C=O) groups is 2. The molecule has 0 rings (SSSR count). The molecule has 0 aromatic carbocycles. The lowest BCUT2D eigenvalue weighted by molar-refractivity contribution is -0.160. The number of carbonyl (C=O) groups excluding carboxylic acids is 2. The molecule has 0 saturated carbocycles. The number of ketones is 1. The highest BCUT2D eigenvalue weighted by Crippen LogP contribution is 2.40. The third-order valence-electron chi connectivity index (χ3n) is 6.98. The van der Waals surface area contributed by atoms with E-state index in [4.69, 9.17) is 13.9 Å². The van der Waals surface area contributed by atoms with Crippen molar-refractivity contribution in [2.24, 2.45) is 17.3 Å². The van der Waals surface area contributed by atoms with Crippen molar-refractivity contribution < 1.29 is 28.6 Å². The van der Waals surface area contributed by atoms with Gasteiger partial charge >= 0.3 is 5.97 Å². The van der Waals surface area contributed by atoms with Gasteiger partial charge in [-0.1, -0.05) is 61.8 Å². The lowest BCUT2D eigenvalue weighted by Gasteiger charge is -2.44. The molecule has 0 bridgehead atoms. The number of rotatable bonds is 14. The van der Waals surface area contributed by atoms with E-state index in [1.165, 1.54) is 0 Å². The zero-order chi connectivity index (χ0) is 27.1. The minimum Gasteiger partial charge on any atom is -0.460 e. The molecular formula is C27H54O6Si. The van der Waals surface area contributed by atoms with Crippen LogP contribution < -0.4 is 0 Å². The van der Waals surface area contributed by atoms with Crippen molar-refractivity contribution in [2.45, 2.75) is 131 Å². The highest BCUT2D eigenvalue weighted by atomic mass is 28.4. The van der Waals surface area contributed by atoms with Gasteiger partial charge in [-0.05, 0) is 45.3 Å². The molecule has 0 saturated heterocycles. The van der Waals surface area contributed by atoms with Gasteiger partial charge in [-0.2, -0.15) is 0 Å². The van der Waals surface area contributed by atoms with Crippen LogP contribution in [0.5, 0.6) is 0 Å². The van der Waals surface area contributed by atoms with Crippen molar-refractivity contribution in [1.82, 2.24) is 0 Å². The Bertz CT molecular complexity index is 644. The van der Waals surface area contributed by atoms with Crippen LogP contribution in [0.15, 0.2) is 0 Å². The van der Waals surface area contributed by atoms with Gasteiger partial charge in [0.15, 0.2) is 8.32 Å². The maximum absolute atomic E-state index is 13.7. The first-order chi connectivity index (χ1) is 15.2. The summed E-state index contributed by atoms with van der Waals surface area (Å²) in [5.41, 5.74) is -1.78. The molecule has 1 unspecified atom stereocenters. The number of esters is 1. The molecule has 1 N–H and O–H groups in total. The summed E-state index contributed by atoms with van der Waals surface area (Å²) < 4.78 is 18.0. The minimum atomic E-state index is -2.18. The van der Waals surface area contributed by atoms with E-state index in [2.05, 4.69) is 47.7 Å². The number of hydrogen-bond donors (Lipinski definition) is 1. The second kappa shape index (κ2) is 13.0. The molecule has 0 amide bonds. The molecule has 0 aliphatic carbocycles. The van der Waals surface area contributed by atoms with Crippen molar-refractivity contribution in [2.75, 3.05) is 13.2 Å². The summed E-state index contributed by atoms with van der Waals surface area (Å²) in [5, 5.41) is 10.9. The molecular weight excluding hydrogens is 448 g/mol. The molecule has 202 valence electrons. The molecule has 0 aromatic rings. The Balaban J connectivity index is 5.73. The Hall–Kier alpha value is -0.763. The smallest absolute Gasteiger partial charge is 0.308 e. The van der Waals surface area contributed by atoms with Gasteiger partial charge in [-0.15, -0.1) is 0 Å². The normalized spacial score (nSPS) is 17.1. The number of ether oxygens (including phenoxy) is 2. The van der Waals surface area contributed by atoms with Crippen LogP contribution in [0.4, 0.5) is 0 Å². The van der Waals surface area contributed by atoms with E-state index in [0.717, 1.165) is 12.8 Å². The molecule has 0 heterocycles. The van der Waals surface area contributed by atoms with Crippen molar-refractivity contribution in [3.8, 4) is 0 Å². The Morgan fingerprint density at radius 1 is 0.971 bits per heavy atom. The van der Waals surface area contributed by atoms with E-state index in [0.29, 0.717) is 13.2 Å². The Kier molecular flexibility index (Phi) is 12.7. The molecule has 0 aromatic heterocycles. The van der Waals surface area contributed by atoms with Crippen molar-refractivity contribution in [3.63, 3.8) is 0 Å². The first-order valence-electron chi connectivity index (χ1n) is 12.9. The second-order valence-corrected chi connectivity index (χ2v) is 17.7. The molecule has 34 heavy (non-hydrogen) atoms. The molecule has 0 spiro atoms. The zero-order valence-corrected chi connectivity index (χ0v) is 25.3. The largest absolute Gasteiger partial charge is 0.460 e. The standard InChI is InChI=1S/C27H54O6Si/c1-14-15-16-31-18-19(2)23(33-34(12,13)26(7,8)9)20(3)24(30)27(10,11)21(28)17-22(29)32-25(4,5)6/h19-21,23,28H,14-18H2,1-13H3/t19-,20+,21?,23-/m0/s1. The van der Waals surface area contributed by atoms with Gasteiger partial charge in [0.2, 0.25) is 0 Å². The molecule has 0 aliphatic heterocycles. The van der Waals surface area contributed by atoms with Gasteiger partial charge in [0.05, 0.1) is 30.7 Å². The van der Waals surface area contributed by atoms with Gasteiger partial charge < -0.3 is 19.0 Å². The average molecular weight is 503 g/mol. The van der Waals surface area contributed by atoms with Gasteiger partial charge in [0.25, 0.3) is 0 Å². The average Bonchev–Trinajstić information content (AvgIpc) is 2.65. The highest BCUT2D eigenvalue weighted by Gasteiger charge is 2.46. The summed E-state index contributed by atoms with van der Waals surface area (Å²) in [6, 6.07) is 0. The van der Waals surface area contributed by atoms with E-state index < -0.39 is 37.3 Å². The fraction of sp³-hybridized carbons (Fsp3) is 0.926. The molecule has 0 aliphatic rings. The predicted molar refractivity (Wildman–Crippen MR) is 141 cm³/mol. The quantitative estimate of drug-likeness (QED) is 0.174. The topological polar surface area (TPSA) is 82.1 Å². The van der Waals surface area contributed by atoms with E-state index in [-0.39, 0.29) is 29.3 Å². The summed E-state index contributed by atoms with van der Waals surface area (Å²) in [6.07, 6.45) is 0.340. The zero-order valence-electron chi connectivity index (χ0n) is 24.3. The Labute approximate surface area is 210 Å². The monoisotopic (exact) mass is 502 g/mol. The van der Waals surface area contributed by atoms with E-state index in [9.17, 15) is 14.7 Å². The second-order valence-electron chi connectivity index (χ2n) is 12.9. The van der Waals surface area contributed by atoms with E-state index in [1.807, 2.05) is 6.92 Å². The SMILES string of the molecule is CCCCOC[C@H](C)[C@H](O[Si](C)(C)C(C)(C)C)[C@@H](C)C(=O)C(C)(C)C(O)CC(=O)OC(C)(C)C. The number of hydrogen-bond acceptors (Lipinski definition) is 6. The number of unbranched alkanes of at least 4 members (excludes halogenated alkanes) is 1. The highest BCUT2D eigenvalue weighted by molar-refractivity contribution is 6.74. The first kappa shape index (κ1) is 33.2. The number of Topliss-reactive ketones (excluding diaryl/α,β-unsaturated/α-hetero) is 1. The summed E-state index contributed by atoms with van der Waals surface area (Å²) in [6.45, 7) is 26.9. The third kappa shape index (κ3) is 10.5. The first-order valence-corrected chi connectivity index (χ1v) is 15.8. The van der Waals surface area contributed by atoms with Crippen LogP contribution in [0, 0.1) is 17.3 Å². The van der Waals surface area contributed by atoms with Crippen LogP contribution in [0.1, 0.15) is 95.4 Å². The fourth-order valence-electron chi connectivity index (χ4n) is 3.53. The van der Waals surface area contributed by atoms with Gasteiger partial charge in [0.1, 0.15) is 11.4 Å². The summed E-state index contributed by atoms with van der Waals surface area (Å²) in [7, 11) is -2.18. The molecule has 7 heteroatoms. The Morgan fingerprint density at radius 3 is 1.94 bits per heavy atom. The molecule has 0 radical (unpaired) electrons. The third-order valence-corrected chi connectivity index (χ3v) is 11.4.